The molecule has 2 aliphatic carbocycles. The van der Waals surface area contributed by atoms with Crippen LogP contribution in [0.15, 0.2) is 49.6 Å². The fourth-order valence-electron chi connectivity index (χ4n) is 4.58. The van der Waals surface area contributed by atoms with Crippen LogP contribution in [-0.4, -0.2) is 13.2 Å². The molecule has 1 nitrogen and oxygen atoms in total. The van der Waals surface area contributed by atoms with Crippen molar-refractivity contribution in [2.24, 2.45) is 17.3 Å². The third-order valence-electron chi connectivity index (χ3n) is 6.31. The van der Waals surface area contributed by atoms with Gasteiger partial charge in [-0.15, -0.1) is 13.2 Å². The molecule has 1 saturated carbocycles. The van der Waals surface area contributed by atoms with Crippen molar-refractivity contribution in [1.29, 1.82) is 0 Å². The predicted octanol–water partition coefficient (Wildman–Crippen LogP) is 7.41. The summed E-state index contributed by atoms with van der Waals surface area (Å²) in [7, 11) is 0. The molecule has 0 aromatic heterocycles. The molecule has 1 heteroatoms. The maximum Gasteiger partial charge on any atom is 0.0560 e. The molecule has 0 saturated heterocycles. The van der Waals surface area contributed by atoms with E-state index in [1.807, 2.05) is 6.08 Å². The van der Waals surface area contributed by atoms with Crippen LogP contribution in [0.1, 0.15) is 77.0 Å². The van der Waals surface area contributed by atoms with Crippen LogP contribution in [0, 0.1) is 17.3 Å². The van der Waals surface area contributed by atoms with Gasteiger partial charge in [-0.3, -0.25) is 0 Å². The molecule has 0 amide bonds. The minimum Gasteiger partial charge on any atom is -0.381 e. The first kappa shape index (κ1) is 21.2. The molecule has 0 bridgehead atoms. The summed E-state index contributed by atoms with van der Waals surface area (Å²) in [6.07, 6.45) is 28.8. The smallest absolute Gasteiger partial charge is 0.0560 e. The minimum absolute atomic E-state index is 0.241. The third-order valence-corrected chi connectivity index (χ3v) is 6.31. The van der Waals surface area contributed by atoms with Crippen LogP contribution in [0.2, 0.25) is 0 Å². The van der Waals surface area contributed by atoms with Crippen LogP contribution >= 0.6 is 0 Å². The van der Waals surface area contributed by atoms with Crippen molar-refractivity contribution in [2.45, 2.75) is 77.0 Å². The summed E-state index contributed by atoms with van der Waals surface area (Å²) >= 11 is 0. The fraction of sp³-hybridized carbons (Fsp3) is 0.680. The standard InChI is InChI=1S/C25H40O/c1-3-5-11-21-26-22-25(18-8-6-9-19-25)20-10-7-13-24-16-14-23(12-4-2)15-17-24/h3-4,6,8-9,18,23-24H,1-2,5,7,10-17,19-22H2. The lowest BCUT2D eigenvalue weighted by Gasteiger charge is -2.32. The van der Waals surface area contributed by atoms with E-state index < -0.39 is 0 Å². The average Bonchev–Trinajstić information content (AvgIpc) is 2.67. The molecule has 0 N–H and O–H groups in total. The number of hydrogen-bond donors (Lipinski definition) is 0. The Kier molecular flexibility index (Phi) is 10.1. The van der Waals surface area contributed by atoms with Crippen molar-refractivity contribution in [3.05, 3.63) is 49.6 Å². The summed E-state index contributed by atoms with van der Waals surface area (Å²) in [5.41, 5.74) is 0.241. The monoisotopic (exact) mass is 356 g/mol. The Morgan fingerprint density at radius 3 is 2.46 bits per heavy atom. The number of ether oxygens (including phenoxy) is 1. The molecule has 0 aliphatic heterocycles. The van der Waals surface area contributed by atoms with Gasteiger partial charge < -0.3 is 4.74 Å². The Morgan fingerprint density at radius 1 is 0.962 bits per heavy atom. The predicted molar refractivity (Wildman–Crippen MR) is 114 cm³/mol. The van der Waals surface area contributed by atoms with Gasteiger partial charge in [0.05, 0.1) is 6.61 Å². The number of hydrogen-bond acceptors (Lipinski definition) is 1. The van der Waals surface area contributed by atoms with Gasteiger partial charge in [-0.1, -0.05) is 68.6 Å². The molecule has 1 fully saturated rings. The van der Waals surface area contributed by atoms with Gasteiger partial charge in [0.2, 0.25) is 0 Å². The van der Waals surface area contributed by atoms with Gasteiger partial charge in [0.1, 0.15) is 0 Å². The van der Waals surface area contributed by atoms with Crippen molar-refractivity contribution in [2.75, 3.05) is 13.2 Å². The van der Waals surface area contributed by atoms with E-state index in [2.05, 4.69) is 43.5 Å². The molecule has 0 spiro atoms. The van der Waals surface area contributed by atoms with Crippen molar-refractivity contribution in [3.8, 4) is 0 Å². The Balaban J connectivity index is 1.64. The zero-order chi connectivity index (χ0) is 18.5. The summed E-state index contributed by atoms with van der Waals surface area (Å²) in [6.45, 7) is 9.41. The van der Waals surface area contributed by atoms with E-state index in [9.17, 15) is 0 Å². The summed E-state index contributed by atoms with van der Waals surface area (Å²) in [6, 6.07) is 0. The van der Waals surface area contributed by atoms with Crippen LogP contribution in [-0.2, 0) is 4.74 Å². The van der Waals surface area contributed by atoms with Gasteiger partial charge in [-0.2, -0.15) is 0 Å². The van der Waals surface area contributed by atoms with E-state index >= 15 is 0 Å². The molecule has 2 rings (SSSR count). The van der Waals surface area contributed by atoms with Crippen molar-refractivity contribution >= 4 is 0 Å². The van der Waals surface area contributed by atoms with Gasteiger partial charge in [0, 0.05) is 12.0 Å². The van der Waals surface area contributed by atoms with E-state index in [1.54, 1.807) is 0 Å². The fourth-order valence-corrected chi connectivity index (χ4v) is 4.58. The second-order valence-corrected chi connectivity index (χ2v) is 8.49. The van der Waals surface area contributed by atoms with E-state index in [1.165, 1.54) is 57.8 Å². The maximum atomic E-state index is 6.02. The van der Waals surface area contributed by atoms with E-state index in [-0.39, 0.29) is 5.41 Å². The summed E-state index contributed by atoms with van der Waals surface area (Å²) in [5, 5.41) is 0. The van der Waals surface area contributed by atoms with Gasteiger partial charge >= 0.3 is 0 Å². The number of allylic oxidation sites excluding steroid dienone is 5. The van der Waals surface area contributed by atoms with Crippen LogP contribution in [0.3, 0.4) is 0 Å². The van der Waals surface area contributed by atoms with Crippen LogP contribution in [0.5, 0.6) is 0 Å². The quantitative estimate of drug-likeness (QED) is 0.246. The van der Waals surface area contributed by atoms with Gasteiger partial charge in [-0.25, -0.2) is 0 Å². The Labute approximate surface area is 162 Å². The zero-order valence-corrected chi connectivity index (χ0v) is 16.8. The normalized spacial score (nSPS) is 28.2. The van der Waals surface area contributed by atoms with Gasteiger partial charge in [-0.05, 0) is 56.8 Å². The highest BCUT2D eigenvalue weighted by molar-refractivity contribution is 5.16. The first-order valence-electron chi connectivity index (χ1n) is 10.9. The molecule has 0 aromatic carbocycles. The molecule has 0 aromatic rings. The molecule has 0 heterocycles. The first-order chi connectivity index (χ1) is 12.8. The topological polar surface area (TPSA) is 9.23 Å². The molecule has 146 valence electrons. The summed E-state index contributed by atoms with van der Waals surface area (Å²) in [5.74, 6) is 1.90. The minimum atomic E-state index is 0.241. The van der Waals surface area contributed by atoms with Crippen molar-refractivity contribution < 1.29 is 4.74 Å². The first-order valence-corrected chi connectivity index (χ1v) is 10.9. The second-order valence-electron chi connectivity index (χ2n) is 8.49. The average molecular weight is 357 g/mol. The lowest BCUT2D eigenvalue weighted by atomic mass is 9.76. The SMILES string of the molecule is C=CCCCOCC1(CCCCC2CCC(CC=C)CC2)C=CC=CC1. The molecule has 0 radical (unpaired) electrons. The lowest BCUT2D eigenvalue weighted by Crippen LogP contribution is -2.26. The number of unbranched alkanes of at least 4 members (excludes halogenated alkanes) is 2. The lowest BCUT2D eigenvalue weighted by molar-refractivity contribution is 0.0612. The molecule has 2 aliphatic rings. The van der Waals surface area contributed by atoms with Gasteiger partial charge in [0.25, 0.3) is 0 Å². The Morgan fingerprint density at radius 2 is 1.77 bits per heavy atom. The summed E-state index contributed by atoms with van der Waals surface area (Å²) in [4.78, 5) is 0. The van der Waals surface area contributed by atoms with E-state index in [0.717, 1.165) is 44.3 Å². The van der Waals surface area contributed by atoms with E-state index in [4.69, 9.17) is 4.74 Å². The van der Waals surface area contributed by atoms with Crippen LogP contribution in [0.4, 0.5) is 0 Å². The highest BCUT2D eigenvalue weighted by atomic mass is 16.5. The Bertz CT molecular complexity index is 453. The highest BCUT2D eigenvalue weighted by Gasteiger charge is 2.27. The maximum absolute atomic E-state index is 6.02. The largest absolute Gasteiger partial charge is 0.381 e. The molecular formula is C25H40O. The number of rotatable bonds is 13. The Hall–Kier alpha value is -1.08. The van der Waals surface area contributed by atoms with Crippen molar-refractivity contribution in [1.82, 2.24) is 0 Å². The third kappa shape index (κ3) is 7.66. The molecule has 1 unspecified atom stereocenters. The molecule has 1 atom stereocenters. The summed E-state index contributed by atoms with van der Waals surface area (Å²) < 4.78 is 6.02. The van der Waals surface area contributed by atoms with Crippen LogP contribution in [0.25, 0.3) is 0 Å². The van der Waals surface area contributed by atoms with E-state index in [0.29, 0.717) is 0 Å². The second kappa shape index (κ2) is 12.3. The van der Waals surface area contributed by atoms with Crippen molar-refractivity contribution in [3.63, 3.8) is 0 Å². The highest BCUT2D eigenvalue weighted by Crippen LogP contribution is 2.37. The molecular weight excluding hydrogens is 316 g/mol. The van der Waals surface area contributed by atoms with Gasteiger partial charge in [0.15, 0.2) is 0 Å². The van der Waals surface area contributed by atoms with Crippen LogP contribution < -0.4 is 0 Å². The molecule has 26 heavy (non-hydrogen) atoms. The zero-order valence-electron chi connectivity index (χ0n) is 16.8.